The van der Waals surface area contributed by atoms with E-state index in [-0.39, 0.29) is 13.2 Å². The van der Waals surface area contributed by atoms with Crippen LogP contribution in [0.3, 0.4) is 0 Å². The van der Waals surface area contributed by atoms with Crippen molar-refractivity contribution >= 4 is 12.1 Å². The van der Waals surface area contributed by atoms with Crippen LogP contribution >= 0.6 is 0 Å². The van der Waals surface area contributed by atoms with Crippen LogP contribution in [-0.4, -0.2) is 41.8 Å². The van der Waals surface area contributed by atoms with Crippen molar-refractivity contribution in [3.8, 4) is 0 Å². The highest BCUT2D eigenvalue weighted by Gasteiger charge is 2.45. The van der Waals surface area contributed by atoms with Gasteiger partial charge in [-0.25, -0.2) is 4.79 Å². The zero-order chi connectivity index (χ0) is 15.3. The molecular weight excluding hydrogens is 270 g/mol. The Morgan fingerprint density at radius 1 is 1.38 bits per heavy atom. The molecule has 0 spiro atoms. The van der Waals surface area contributed by atoms with E-state index in [1.807, 2.05) is 18.2 Å². The van der Waals surface area contributed by atoms with E-state index in [9.17, 15) is 14.7 Å². The highest BCUT2D eigenvalue weighted by molar-refractivity contribution is 5.83. The second-order valence-electron chi connectivity index (χ2n) is 5.14. The summed E-state index contributed by atoms with van der Waals surface area (Å²) in [5.41, 5.74) is -0.342. The molecule has 21 heavy (non-hydrogen) atoms. The van der Waals surface area contributed by atoms with Gasteiger partial charge in [0.1, 0.15) is 12.0 Å². The maximum absolute atomic E-state index is 12.0. The molecule has 1 saturated heterocycles. The third kappa shape index (κ3) is 3.07. The summed E-state index contributed by atoms with van der Waals surface area (Å²) in [6, 6.07) is 9.07. The van der Waals surface area contributed by atoms with Crippen LogP contribution in [-0.2, 0) is 14.9 Å². The summed E-state index contributed by atoms with van der Waals surface area (Å²) in [7, 11) is 0. The lowest BCUT2D eigenvalue weighted by atomic mass is 9.74. The first-order chi connectivity index (χ1) is 10.1. The van der Waals surface area contributed by atoms with Gasteiger partial charge in [-0.3, -0.25) is 4.79 Å². The van der Waals surface area contributed by atoms with Crippen LogP contribution in [0.4, 0.5) is 4.79 Å². The molecule has 1 aliphatic rings. The smallest absolute Gasteiger partial charge is 0.410 e. The minimum atomic E-state index is -1.06. The van der Waals surface area contributed by atoms with E-state index in [1.54, 1.807) is 12.1 Å². The van der Waals surface area contributed by atoms with Gasteiger partial charge < -0.3 is 14.7 Å². The number of ether oxygens (including phenoxy) is 1. The second kappa shape index (κ2) is 6.43. The fraction of sp³-hybridized carbons (Fsp3) is 0.375. The predicted octanol–water partition coefficient (Wildman–Crippen LogP) is 2.43. The molecule has 0 aliphatic carbocycles. The van der Waals surface area contributed by atoms with Crippen LogP contribution in [0, 0.1) is 0 Å². The number of rotatable bonds is 4. The van der Waals surface area contributed by atoms with Crippen molar-refractivity contribution in [3.05, 3.63) is 48.6 Å². The van der Waals surface area contributed by atoms with E-state index in [4.69, 9.17) is 4.74 Å². The predicted molar refractivity (Wildman–Crippen MR) is 78.1 cm³/mol. The molecule has 1 fully saturated rings. The quantitative estimate of drug-likeness (QED) is 0.864. The Morgan fingerprint density at radius 2 is 2.10 bits per heavy atom. The Labute approximate surface area is 123 Å². The molecule has 0 bridgehead atoms. The highest BCUT2D eigenvalue weighted by atomic mass is 16.6. The molecule has 112 valence electrons. The fourth-order valence-corrected chi connectivity index (χ4v) is 2.72. The number of carbonyl (C=O) groups is 2. The summed E-state index contributed by atoms with van der Waals surface area (Å²) < 4.78 is 5.02. The summed E-state index contributed by atoms with van der Waals surface area (Å²) in [6.45, 7) is 4.26. The number of carboxylic acids is 1. The Bertz CT molecular complexity index is 528. The van der Waals surface area contributed by atoms with Crippen LogP contribution in [0.2, 0.25) is 0 Å². The number of aliphatic carboxylic acids is 1. The molecule has 1 aromatic carbocycles. The van der Waals surface area contributed by atoms with Gasteiger partial charge in [0.25, 0.3) is 0 Å². The lowest BCUT2D eigenvalue weighted by Crippen LogP contribution is -2.52. The van der Waals surface area contributed by atoms with Gasteiger partial charge in [0.2, 0.25) is 0 Å². The van der Waals surface area contributed by atoms with E-state index < -0.39 is 17.5 Å². The van der Waals surface area contributed by atoms with Crippen molar-refractivity contribution in [2.75, 3.05) is 19.7 Å². The average molecular weight is 289 g/mol. The first-order valence-electron chi connectivity index (χ1n) is 6.92. The van der Waals surface area contributed by atoms with Gasteiger partial charge in [0.05, 0.1) is 0 Å². The Balaban J connectivity index is 2.24. The van der Waals surface area contributed by atoms with Crippen molar-refractivity contribution in [1.82, 2.24) is 4.90 Å². The number of carbonyl (C=O) groups excluding carboxylic acids is 1. The van der Waals surface area contributed by atoms with Crippen LogP contribution in [0.5, 0.6) is 0 Å². The summed E-state index contributed by atoms with van der Waals surface area (Å²) in [5.74, 6) is -0.907. The average Bonchev–Trinajstić information content (AvgIpc) is 2.53. The minimum Gasteiger partial charge on any atom is -0.481 e. The summed E-state index contributed by atoms with van der Waals surface area (Å²) in [4.78, 5) is 25.3. The number of piperidine rings is 1. The maximum Gasteiger partial charge on any atom is 0.410 e. The van der Waals surface area contributed by atoms with Gasteiger partial charge in [0.15, 0.2) is 0 Å². The first kappa shape index (κ1) is 15.1. The Hall–Kier alpha value is -2.30. The molecule has 0 saturated carbocycles. The largest absolute Gasteiger partial charge is 0.481 e. The number of nitrogens with zero attached hydrogens (tertiary/aromatic N) is 1. The molecule has 1 N–H and O–H groups in total. The molecule has 2 rings (SSSR count). The number of likely N-dealkylation sites (tertiary alicyclic amines) is 1. The molecule has 1 aliphatic heterocycles. The zero-order valence-corrected chi connectivity index (χ0v) is 11.8. The van der Waals surface area contributed by atoms with E-state index in [1.165, 1.54) is 11.0 Å². The number of amides is 1. The van der Waals surface area contributed by atoms with Crippen molar-refractivity contribution in [2.45, 2.75) is 18.3 Å². The van der Waals surface area contributed by atoms with Gasteiger partial charge >= 0.3 is 12.1 Å². The summed E-state index contributed by atoms with van der Waals surface area (Å²) in [6.07, 6.45) is 2.14. The molecule has 0 radical (unpaired) electrons. The molecular formula is C16H19NO4. The van der Waals surface area contributed by atoms with Gasteiger partial charge in [-0.15, -0.1) is 0 Å². The molecule has 5 heteroatoms. The van der Waals surface area contributed by atoms with Gasteiger partial charge in [-0.1, -0.05) is 43.0 Å². The number of hydrogen-bond acceptors (Lipinski definition) is 3. The van der Waals surface area contributed by atoms with Gasteiger partial charge in [0, 0.05) is 13.1 Å². The SMILES string of the molecule is C=CCOC(=O)N1CCCC(C(=O)O)(c2ccccc2)C1. The van der Waals surface area contributed by atoms with Gasteiger partial charge in [-0.2, -0.15) is 0 Å². The maximum atomic E-state index is 12.0. The fourth-order valence-electron chi connectivity index (χ4n) is 2.72. The molecule has 1 heterocycles. The van der Waals surface area contributed by atoms with Crippen LogP contribution in [0.1, 0.15) is 18.4 Å². The van der Waals surface area contributed by atoms with E-state index in [2.05, 4.69) is 6.58 Å². The first-order valence-corrected chi connectivity index (χ1v) is 6.92. The minimum absolute atomic E-state index is 0.126. The Kier molecular flexibility index (Phi) is 4.62. The van der Waals surface area contributed by atoms with Crippen molar-refractivity contribution in [1.29, 1.82) is 0 Å². The van der Waals surface area contributed by atoms with Crippen molar-refractivity contribution < 1.29 is 19.4 Å². The van der Waals surface area contributed by atoms with Crippen LogP contribution in [0.15, 0.2) is 43.0 Å². The third-order valence-corrected chi connectivity index (χ3v) is 3.81. The lowest BCUT2D eigenvalue weighted by molar-refractivity contribution is -0.145. The molecule has 5 nitrogen and oxygen atoms in total. The number of carboxylic acid groups (broad SMARTS) is 1. The van der Waals surface area contributed by atoms with Gasteiger partial charge in [-0.05, 0) is 18.4 Å². The number of hydrogen-bond donors (Lipinski definition) is 1. The van der Waals surface area contributed by atoms with Crippen molar-refractivity contribution in [2.24, 2.45) is 0 Å². The molecule has 0 aromatic heterocycles. The highest BCUT2D eigenvalue weighted by Crippen LogP contribution is 2.34. The van der Waals surface area contributed by atoms with Crippen LogP contribution in [0.25, 0.3) is 0 Å². The second-order valence-corrected chi connectivity index (χ2v) is 5.14. The summed E-state index contributed by atoms with van der Waals surface area (Å²) in [5, 5.41) is 9.72. The molecule has 1 atom stereocenters. The summed E-state index contributed by atoms with van der Waals surface area (Å²) >= 11 is 0. The van der Waals surface area contributed by atoms with Crippen molar-refractivity contribution in [3.63, 3.8) is 0 Å². The van der Waals surface area contributed by atoms with E-state index in [0.29, 0.717) is 19.4 Å². The van der Waals surface area contributed by atoms with Crippen LogP contribution < -0.4 is 0 Å². The lowest BCUT2D eigenvalue weighted by Gasteiger charge is -2.39. The molecule has 1 aromatic rings. The normalized spacial score (nSPS) is 21.6. The third-order valence-electron chi connectivity index (χ3n) is 3.81. The van der Waals surface area contributed by atoms with E-state index in [0.717, 1.165) is 5.56 Å². The molecule has 1 amide bonds. The van der Waals surface area contributed by atoms with E-state index >= 15 is 0 Å². The standard InChI is InChI=1S/C16H19NO4/c1-2-11-21-15(20)17-10-6-9-16(12-17,14(18)19)13-7-4-3-5-8-13/h2-5,7-8H,1,6,9-12H2,(H,18,19). The zero-order valence-electron chi connectivity index (χ0n) is 11.8. The number of benzene rings is 1. The molecule has 1 unspecified atom stereocenters. The Morgan fingerprint density at radius 3 is 2.71 bits per heavy atom. The topological polar surface area (TPSA) is 66.8 Å². The monoisotopic (exact) mass is 289 g/mol.